The lowest BCUT2D eigenvalue weighted by Gasteiger charge is -2.27. The van der Waals surface area contributed by atoms with Crippen molar-refractivity contribution in [3.05, 3.63) is 40.8 Å². The van der Waals surface area contributed by atoms with Crippen molar-refractivity contribution in [2.75, 3.05) is 10.7 Å². The highest BCUT2D eigenvalue weighted by Gasteiger charge is 2.30. The number of unbranched alkanes of at least 4 members (excludes halogenated alkanes) is 1. The largest absolute Gasteiger partial charge is 0.304 e. The number of anilines is 1. The summed E-state index contributed by atoms with van der Waals surface area (Å²) in [6.07, 6.45) is 3.68. The lowest BCUT2D eigenvalue weighted by atomic mass is 10.1. The first-order valence-electron chi connectivity index (χ1n) is 6.91. The second-order valence-electron chi connectivity index (χ2n) is 5.07. The van der Waals surface area contributed by atoms with Crippen molar-refractivity contribution in [2.24, 2.45) is 0 Å². The maximum Gasteiger partial charge on any atom is 0.227 e. The van der Waals surface area contributed by atoms with E-state index in [1.807, 2.05) is 6.92 Å². The molecule has 1 aromatic carbocycles. The average Bonchev–Trinajstić information content (AvgIpc) is 2.79. The van der Waals surface area contributed by atoms with Gasteiger partial charge in [0, 0.05) is 22.5 Å². The van der Waals surface area contributed by atoms with Gasteiger partial charge < -0.3 is 4.90 Å². The summed E-state index contributed by atoms with van der Waals surface area (Å²) in [6, 6.07) is 6.44. The molecule has 21 heavy (non-hydrogen) atoms. The molecule has 0 aliphatic carbocycles. The van der Waals surface area contributed by atoms with Gasteiger partial charge in [0.05, 0.1) is 11.8 Å². The minimum absolute atomic E-state index is 0.0620. The SMILES string of the molecule is CCCCC(=O)N(c1ccc(Cl)cc1)[C@H]1C=CS(=O)(=O)C1. The number of carbonyl (C=O) groups is 1. The Labute approximate surface area is 130 Å². The van der Waals surface area contributed by atoms with Gasteiger partial charge in [-0.1, -0.05) is 24.9 Å². The molecule has 1 heterocycles. The Balaban J connectivity index is 2.29. The molecular formula is C15H18ClNO3S. The third kappa shape index (κ3) is 4.08. The van der Waals surface area contributed by atoms with E-state index in [0.717, 1.165) is 12.8 Å². The summed E-state index contributed by atoms with van der Waals surface area (Å²) in [5.74, 6) is -0.126. The summed E-state index contributed by atoms with van der Waals surface area (Å²) in [5, 5.41) is 1.77. The van der Waals surface area contributed by atoms with Crippen molar-refractivity contribution in [1.29, 1.82) is 0 Å². The van der Waals surface area contributed by atoms with Crippen LogP contribution in [0, 0.1) is 0 Å². The summed E-state index contributed by atoms with van der Waals surface area (Å²) < 4.78 is 23.2. The fraction of sp³-hybridized carbons (Fsp3) is 0.400. The van der Waals surface area contributed by atoms with Crippen LogP contribution in [0.5, 0.6) is 0 Å². The highest BCUT2D eigenvalue weighted by atomic mass is 35.5. The molecule has 2 rings (SSSR count). The van der Waals surface area contributed by atoms with Crippen molar-refractivity contribution in [3.63, 3.8) is 0 Å². The van der Waals surface area contributed by atoms with E-state index in [-0.39, 0.29) is 11.7 Å². The van der Waals surface area contributed by atoms with E-state index in [0.29, 0.717) is 17.1 Å². The lowest BCUT2D eigenvalue weighted by Crippen LogP contribution is -2.41. The van der Waals surface area contributed by atoms with Crippen molar-refractivity contribution in [2.45, 2.75) is 32.2 Å². The summed E-state index contributed by atoms with van der Waals surface area (Å²) in [6.45, 7) is 2.01. The molecule has 1 aromatic rings. The number of nitrogens with zero attached hydrogens (tertiary/aromatic N) is 1. The zero-order chi connectivity index (χ0) is 15.5. The molecule has 0 radical (unpaired) electrons. The van der Waals surface area contributed by atoms with Crippen molar-refractivity contribution < 1.29 is 13.2 Å². The molecule has 114 valence electrons. The second-order valence-corrected chi connectivity index (χ2v) is 7.44. The minimum Gasteiger partial charge on any atom is -0.304 e. The molecule has 0 unspecified atom stereocenters. The van der Waals surface area contributed by atoms with E-state index in [4.69, 9.17) is 11.6 Å². The predicted molar refractivity (Wildman–Crippen MR) is 85.2 cm³/mol. The molecule has 0 N–H and O–H groups in total. The van der Waals surface area contributed by atoms with Gasteiger partial charge in [0.2, 0.25) is 5.91 Å². The number of sulfone groups is 1. The van der Waals surface area contributed by atoms with Crippen LogP contribution in [-0.2, 0) is 14.6 Å². The average molecular weight is 328 g/mol. The van der Waals surface area contributed by atoms with Gasteiger partial charge in [0.25, 0.3) is 0 Å². The molecule has 0 bridgehead atoms. The zero-order valence-corrected chi connectivity index (χ0v) is 13.4. The van der Waals surface area contributed by atoms with Crippen molar-refractivity contribution >= 4 is 33.0 Å². The molecule has 1 amide bonds. The summed E-state index contributed by atoms with van der Waals surface area (Å²) in [5.41, 5.74) is 0.673. The number of benzene rings is 1. The van der Waals surface area contributed by atoms with Gasteiger partial charge in [-0.05, 0) is 36.8 Å². The normalized spacial score (nSPS) is 19.6. The van der Waals surface area contributed by atoms with E-state index in [1.54, 1.807) is 35.2 Å². The van der Waals surface area contributed by atoms with Crippen molar-refractivity contribution in [1.82, 2.24) is 0 Å². The van der Waals surface area contributed by atoms with Crippen LogP contribution in [0.3, 0.4) is 0 Å². The van der Waals surface area contributed by atoms with E-state index in [1.165, 1.54) is 5.41 Å². The number of halogens is 1. The molecule has 1 atom stereocenters. The molecule has 0 spiro atoms. The van der Waals surface area contributed by atoms with Crippen LogP contribution in [0.2, 0.25) is 5.02 Å². The van der Waals surface area contributed by atoms with Crippen LogP contribution in [0.1, 0.15) is 26.2 Å². The quantitative estimate of drug-likeness (QED) is 0.834. The Hall–Kier alpha value is -1.33. The molecular weight excluding hydrogens is 310 g/mol. The van der Waals surface area contributed by atoms with Crippen LogP contribution in [-0.4, -0.2) is 26.1 Å². The van der Waals surface area contributed by atoms with Crippen LogP contribution in [0.15, 0.2) is 35.7 Å². The van der Waals surface area contributed by atoms with E-state index in [2.05, 4.69) is 0 Å². The summed E-state index contributed by atoms with van der Waals surface area (Å²) in [4.78, 5) is 14.0. The molecule has 1 aliphatic rings. The third-order valence-electron chi connectivity index (χ3n) is 3.36. The fourth-order valence-electron chi connectivity index (χ4n) is 2.29. The molecule has 0 saturated carbocycles. The van der Waals surface area contributed by atoms with Crippen molar-refractivity contribution in [3.8, 4) is 0 Å². The van der Waals surface area contributed by atoms with Gasteiger partial charge in [0.1, 0.15) is 0 Å². The Morgan fingerprint density at radius 1 is 1.33 bits per heavy atom. The summed E-state index contributed by atoms with van der Waals surface area (Å²) >= 11 is 5.87. The second kappa shape index (κ2) is 6.62. The van der Waals surface area contributed by atoms with Gasteiger partial charge in [-0.15, -0.1) is 0 Å². The molecule has 1 aliphatic heterocycles. The van der Waals surface area contributed by atoms with Crippen LogP contribution >= 0.6 is 11.6 Å². The number of hydrogen-bond acceptors (Lipinski definition) is 3. The first-order valence-corrected chi connectivity index (χ1v) is 9.01. The Morgan fingerprint density at radius 3 is 2.52 bits per heavy atom. The first kappa shape index (κ1) is 16.0. The van der Waals surface area contributed by atoms with Gasteiger partial charge in [-0.25, -0.2) is 8.42 Å². The number of amides is 1. The predicted octanol–water partition coefficient (Wildman–Crippen LogP) is 3.17. The minimum atomic E-state index is -3.21. The van der Waals surface area contributed by atoms with Crippen LogP contribution in [0.25, 0.3) is 0 Å². The number of hydrogen-bond donors (Lipinski definition) is 0. The molecule has 4 nitrogen and oxygen atoms in total. The zero-order valence-electron chi connectivity index (χ0n) is 11.8. The fourth-order valence-corrected chi connectivity index (χ4v) is 3.68. The lowest BCUT2D eigenvalue weighted by molar-refractivity contribution is -0.118. The highest BCUT2D eigenvalue weighted by Crippen LogP contribution is 2.25. The molecule has 0 fully saturated rings. The Morgan fingerprint density at radius 2 is 2.00 bits per heavy atom. The van der Waals surface area contributed by atoms with Crippen LogP contribution < -0.4 is 4.90 Å². The van der Waals surface area contributed by atoms with Crippen LogP contribution in [0.4, 0.5) is 5.69 Å². The van der Waals surface area contributed by atoms with E-state index >= 15 is 0 Å². The first-order chi connectivity index (χ1) is 9.93. The van der Waals surface area contributed by atoms with Gasteiger partial charge in [-0.3, -0.25) is 4.79 Å². The number of carbonyl (C=O) groups excluding carboxylic acids is 1. The smallest absolute Gasteiger partial charge is 0.227 e. The monoisotopic (exact) mass is 327 g/mol. The Kier molecular flexibility index (Phi) is 5.06. The third-order valence-corrected chi connectivity index (χ3v) is 4.99. The standard InChI is InChI=1S/C15H18ClNO3S/c1-2-3-4-15(18)17(13-7-5-12(16)6-8-13)14-9-10-21(19,20)11-14/h5-10,14H,2-4,11H2,1H3/t14-/m0/s1. The topological polar surface area (TPSA) is 54.5 Å². The molecule has 0 aromatic heterocycles. The summed E-state index contributed by atoms with van der Waals surface area (Å²) in [7, 11) is -3.21. The van der Waals surface area contributed by atoms with Gasteiger partial charge in [0.15, 0.2) is 9.84 Å². The van der Waals surface area contributed by atoms with Gasteiger partial charge >= 0.3 is 0 Å². The van der Waals surface area contributed by atoms with Gasteiger partial charge in [-0.2, -0.15) is 0 Å². The van der Waals surface area contributed by atoms with E-state index < -0.39 is 15.9 Å². The maximum absolute atomic E-state index is 12.4. The Bertz CT molecular complexity index is 637. The number of rotatable bonds is 5. The maximum atomic E-state index is 12.4. The molecule has 0 saturated heterocycles. The molecule has 6 heteroatoms. The van der Waals surface area contributed by atoms with E-state index in [9.17, 15) is 13.2 Å². The highest BCUT2D eigenvalue weighted by molar-refractivity contribution is 7.94.